The second-order valence-corrected chi connectivity index (χ2v) is 6.97. The number of aliphatic hydroxyl groups excluding tert-OH is 1. The maximum atomic E-state index is 11.2. The van der Waals surface area contributed by atoms with Crippen LogP contribution in [-0.4, -0.2) is 65.2 Å². The fourth-order valence-corrected chi connectivity index (χ4v) is 2.99. The fraction of sp³-hybridized carbons (Fsp3) is 0.812. The zero-order chi connectivity index (χ0) is 18.5. The van der Waals surface area contributed by atoms with Gasteiger partial charge in [0.05, 0.1) is 6.10 Å². The predicted molar refractivity (Wildman–Crippen MR) is 94.8 cm³/mol. The molecule has 1 aliphatic rings. The highest BCUT2D eigenvalue weighted by Gasteiger charge is 2.33. The van der Waals surface area contributed by atoms with Gasteiger partial charge in [0, 0.05) is 31.4 Å². The van der Waals surface area contributed by atoms with Gasteiger partial charge in [0.15, 0.2) is 0 Å². The number of esters is 1. The Hall–Kier alpha value is -0.773. The third-order valence-electron chi connectivity index (χ3n) is 3.23. The lowest BCUT2D eigenvalue weighted by atomic mass is 9.97. The van der Waals surface area contributed by atoms with Crippen molar-refractivity contribution >= 4 is 15.5 Å². The van der Waals surface area contributed by atoms with Gasteiger partial charge in [0.25, 0.3) is 0 Å². The van der Waals surface area contributed by atoms with Crippen LogP contribution in [0.25, 0.3) is 0 Å². The molecule has 1 heterocycles. The summed E-state index contributed by atoms with van der Waals surface area (Å²) in [5.74, 6) is -0.440. The van der Waals surface area contributed by atoms with Crippen molar-refractivity contribution in [2.24, 2.45) is 0 Å². The molecule has 0 radical (unpaired) electrons. The molecular formula is C16H33NO6Si. The Morgan fingerprint density at radius 2 is 1.71 bits per heavy atom. The second-order valence-electron chi connectivity index (χ2n) is 5.39. The molecule has 1 saturated heterocycles. The smallest absolute Gasteiger partial charge is 0.455 e. The van der Waals surface area contributed by atoms with Crippen molar-refractivity contribution in [1.29, 1.82) is 0 Å². The van der Waals surface area contributed by atoms with Crippen molar-refractivity contribution in [2.75, 3.05) is 26.4 Å². The summed E-state index contributed by atoms with van der Waals surface area (Å²) < 4.78 is 20.8. The molecule has 24 heavy (non-hydrogen) atoms. The number of carbonyl (C=O) groups excluding carboxylic acids is 1. The molecule has 0 spiro atoms. The van der Waals surface area contributed by atoms with Crippen LogP contribution < -0.4 is 5.32 Å². The first-order valence-corrected chi connectivity index (χ1v) is 9.91. The summed E-state index contributed by atoms with van der Waals surface area (Å²) in [6.45, 7) is 15.5. The Morgan fingerprint density at radius 3 is 1.96 bits per heavy atom. The number of hydrogen-bond donors (Lipinski definition) is 2. The topological polar surface area (TPSA) is 86.3 Å². The molecule has 0 saturated carbocycles. The molecule has 1 fully saturated rings. The molecule has 0 amide bonds. The van der Waals surface area contributed by atoms with Crippen LogP contribution in [0.2, 0.25) is 0 Å². The number of nitrogens with one attached hydrogen (secondary N) is 1. The van der Waals surface area contributed by atoms with Crippen LogP contribution in [0.3, 0.4) is 0 Å². The van der Waals surface area contributed by atoms with E-state index in [2.05, 4.69) is 11.9 Å². The van der Waals surface area contributed by atoms with Gasteiger partial charge >= 0.3 is 15.5 Å². The summed E-state index contributed by atoms with van der Waals surface area (Å²) >= 11 is 0. The third-order valence-corrected chi connectivity index (χ3v) is 5.05. The van der Waals surface area contributed by atoms with Gasteiger partial charge in [0.1, 0.15) is 6.10 Å². The highest BCUT2D eigenvalue weighted by atomic mass is 28.3. The fourth-order valence-electron chi connectivity index (χ4n) is 1.89. The summed E-state index contributed by atoms with van der Waals surface area (Å²) in [5, 5.41) is 12.5. The number of carbonyl (C=O) groups is 1. The highest BCUT2D eigenvalue weighted by molar-refractivity contribution is 6.36. The molecule has 8 heteroatoms. The van der Waals surface area contributed by atoms with Crippen LogP contribution in [-0.2, 0) is 22.8 Å². The Morgan fingerprint density at radius 1 is 1.25 bits per heavy atom. The normalized spacial score (nSPS) is 18.9. The van der Waals surface area contributed by atoms with Crippen LogP contribution >= 0.6 is 0 Å². The highest BCUT2D eigenvalue weighted by Crippen LogP contribution is 2.15. The minimum atomic E-state index is -1.73. The van der Waals surface area contributed by atoms with Crippen molar-refractivity contribution in [3.63, 3.8) is 0 Å². The standard InChI is InChI=1S/C10H17NO3.C6H16O3Si/c1-6(2)10(13)14-9(7(3)12)8-4-5-11-8;1-4-7-10(8-5-2)9-6-3/h7-9,11-12H,1,4-5H2,2-3H3;10H,4-6H2,1-3H3. The van der Waals surface area contributed by atoms with Gasteiger partial charge in [-0.05, 0) is 47.6 Å². The first-order valence-electron chi connectivity index (χ1n) is 8.49. The minimum Gasteiger partial charge on any atom is -0.455 e. The first kappa shape index (κ1) is 23.2. The number of hydrogen-bond acceptors (Lipinski definition) is 7. The second kappa shape index (κ2) is 13.5. The van der Waals surface area contributed by atoms with Crippen molar-refractivity contribution in [3.05, 3.63) is 12.2 Å². The van der Waals surface area contributed by atoms with Gasteiger partial charge in [0.2, 0.25) is 0 Å². The molecule has 142 valence electrons. The number of ether oxygens (including phenoxy) is 1. The molecule has 3 unspecified atom stereocenters. The first-order chi connectivity index (χ1) is 11.4. The molecular weight excluding hydrogens is 330 g/mol. The Labute approximate surface area is 147 Å². The summed E-state index contributed by atoms with van der Waals surface area (Å²) in [6.07, 6.45) is -0.192. The van der Waals surface area contributed by atoms with E-state index in [1.54, 1.807) is 13.8 Å². The predicted octanol–water partition coefficient (Wildman–Crippen LogP) is 1.03. The van der Waals surface area contributed by atoms with Crippen molar-refractivity contribution < 1.29 is 27.9 Å². The summed E-state index contributed by atoms with van der Waals surface area (Å²) in [5.41, 5.74) is 0.356. The quantitative estimate of drug-likeness (QED) is 0.341. The SMILES string of the molecule is C=C(C)C(=O)OC(C(C)O)C1CCN1.CCO[SiH](OCC)OCC. The lowest BCUT2D eigenvalue weighted by Crippen LogP contribution is -2.55. The average Bonchev–Trinajstić information content (AvgIpc) is 2.46. The molecule has 0 aromatic carbocycles. The van der Waals surface area contributed by atoms with Gasteiger partial charge in [-0.1, -0.05) is 6.58 Å². The number of rotatable bonds is 10. The molecule has 1 rings (SSSR count). The molecule has 7 nitrogen and oxygen atoms in total. The van der Waals surface area contributed by atoms with E-state index in [0.29, 0.717) is 25.4 Å². The van der Waals surface area contributed by atoms with E-state index >= 15 is 0 Å². The largest absolute Gasteiger partial charge is 0.484 e. The Kier molecular flexibility index (Phi) is 13.1. The number of aliphatic hydroxyl groups is 1. The van der Waals surface area contributed by atoms with Gasteiger partial charge in [-0.3, -0.25) is 0 Å². The molecule has 0 aromatic heterocycles. The lowest BCUT2D eigenvalue weighted by Gasteiger charge is -2.36. The van der Waals surface area contributed by atoms with E-state index in [9.17, 15) is 9.90 Å². The zero-order valence-corrected chi connectivity index (χ0v) is 16.7. The summed E-state index contributed by atoms with van der Waals surface area (Å²) in [6, 6.07) is 0.0818. The van der Waals surface area contributed by atoms with E-state index in [0.717, 1.165) is 13.0 Å². The molecule has 0 aromatic rings. The molecule has 0 aliphatic carbocycles. The Bertz CT molecular complexity index is 348. The lowest BCUT2D eigenvalue weighted by molar-refractivity contribution is -0.153. The van der Waals surface area contributed by atoms with E-state index < -0.39 is 27.7 Å². The van der Waals surface area contributed by atoms with E-state index in [1.807, 2.05) is 20.8 Å². The van der Waals surface area contributed by atoms with Crippen LogP contribution in [0.15, 0.2) is 12.2 Å². The van der Waals surface area contributed by atoms with Crippen LogP contribution in [0.5, 0.6) is 0 Å². The van der Waals surface area contributed by atoms with Gasteiger partial charge in [-0.25, -0.2) is 4.79 Å². The maximum absolute atomic E-state index is 11.2. The Balaban J connectivity index is 0.000000470. The van der Waals surface area contributed by atoms with E-state index in [4.69, 9.17) is 18.0 Å². The maximum Gasteiger partial charge on any atom is 0.484 e. The van der Waals surface area contributed by atoms with Crippen molar-refractivity contribution in [3.8, 4) is 0 Å². The summed E-state index contributed by atoms with van der Waals surface area (Å²) in [7, 11) is -1.73. The molecule has 2 N–H and O–H groups in total. The average molecular weight is 364 g/mol. The van der Waals surface area contributed by atoms with Crippen molar-refractivity contribution in [1.82, 2.24) is 5.32 Å². The van der Waals surface area contributed by atoms with Crippen LogP contribution in [0.1, 0.15) is 41.0 Å². The summed E-state index contributed by atoms with van der Waals surface area (Å²) in [4.78, 5) is 11.2. The van der Waals surface area contributed by atoms with Gasteiger partial charge in [-0.2, -0.15) is 0 Å². The monoisotopic (exact) mass is 363 g/mol. The zero-order valence-electron chi connectivity index (χ0n) is 15.5. The van der Waals surface area contributed by atoms with Gasteiger partial charge in [-0.15, -0.1) is 0 Å². The molecule has 1 aliphatic heterocycles. The molecule has 0 bridgehead atoms. The minimum absolute atomic E-state index is 0.0818. The molecule has 3 atom stereocenters. The van der Waals surface area contributed by atoms with Crippen LogP contribution in [0.4, 0.5) is 0 Å². The van der Waals surface area contributed by atoms with Crippen molar-refractivity contribution in [2.45, 2.75) is 59.3 Å². The van der Waals surface area contributed by atoms with Crippen LogP contribution in [0, 0.1) is 0 Å². The van der Waals surface area contributed by atoms with Gasteiger partial charge < -0.3 is 28.4 Å². The third kappa shape index (κ3) is 9.51. The van der Waals surface area contributed by atoms with E-state index in [1.165, 1.54) is 0 Å². The van der Waals surface area contributed by atoms with E-state index in [-0.39, 0.29) is 6.04 Å².